The Kier molecular flexibility index (Phi) is 4.22. The number of carbonyl (C=O) groups excluding carboxylic acids is 1. The Hall–Kier alpha value is -3.09. The highest BCUT2D eigenvalue weighted by Crippen LogP contribution is 2.35. The fourth-order valence-corrected chi connectivity index (χ4v) is 4.20. The maximum absolute atomic E-state index is 12.7. The number of rotatable bonds is 2. The van der Waals surface area contributed by atoms with Gasteiger partial charge in [0.2, 0.25) is 0 Å². The van der Waals surface area contributed by atoms with Gasteiger partial charge < -0.3 is 19.9 Å². The number of likely N-dealkylation sites (tertiary alicyclic amines) is 1. The van der Waals surface area contributed by atoms with Gasteiger partial charge in [0.05, 0.1) is 5.56 Å². The lowest BCUT2D eigenvalue weighted by Gasteiger charge is -2.42. The van der Waals surface area contributed by atoms with Crippen molar-refractivity contribution in [3.8, 4) is 0 Å². The number of aromatic carboxylic acids is 1. The molecule has 0 spiro atoms. The Labute approximate surface area is 156 Å². The Morgan fingerprint density at radius 3 is 2.74 bits per heavy atom. The number of pyridine rings is 1. The summed E-state index contributed by atoms with van der Waals surface area (Å²) in [5, 5.41) is 12.1. The molecule has 7 nitrogen and oxygen atoms in total. The highest BCUT2D eigenvalue weighted by Gasteiger charge is 2.36. The number of nitrogens with zero attached hydrogens (tertiary/aromatic N) is 2. The van der Waals surface area contributed by atoms with Crippen LogP contribution in [0.3, 0.4) is 0 Å². The van der Waals surface area contributed by atoms with Crippen molar-refractivity contribution in [1.82, 2.24) is 9.47 Å². The van der Waals surface area contributed by atoms with E-state index >= 15 is 0 Å². The molecule has 2 bridgehead atoms. The largest absolute Gasteiger partial charge is 0.478 e. The first kappa shape index (κ1) is 17.3. The number of piperidine rings is 1. The van der Waals surface area contributed by atoms with Crippen LogP contribution in [0.5, 0.6) is 0 Å². The molecular weight excluding hydrogens is 346 g/mol. The fraction of sp³-hybridized carbons (Fsp3) is 0.350. The van der Waals surface area contributed by atoms with Crippen LogP contribution in [-0.4, -0.2) is 39.7 Å². The molecule has 2 amide bonds. The molecule has 2 atom stereocenters. The first-order chi connectivity index (χ1) is 12.9. The third kappa shape index (κ3) is 3.20. The average Bonchev–Trinajstić information content (AvgIpc) is 2.64. The van der Waals surface area contributed by atoms with E-state index in [1.54, 1.807) is 36.1 Å². The predicted octanol–water partition coefficient (Wildman–Crippen LogP) is 2.51. The number of aryl methyl sites for hydroxylation is 1. The van der Waals surface area contributed by atoms with Crippen LogP contribution < -0.4 is 10.9 Å². The van der Waals surface area contributed by atoms with E-state index in [-0.39, 0.29) is 29.0 Å². The Balaban J connectivity index is 1.52. The molecule has 1 aromatic carbocycles. The van der Waals surface area contributed by atoms with Crippen molar-refractivity contribution in [2.75, 3.05) is 18.4 Å². The molecule has 7 heteroatoms. The van der Waals surface area contributed by atoms with Crippen molar-refractivity contribution in [3.63, 3.8) is 0 Å². The molecule has 1 fully saturated rings. The van der Waals surface area contributed by atoms with E-state index in [4.69, 9.17) is 0 Å². The standard InChI is InChI=1S/C20H21N3O4/c1-12-5-6-15(8-16(12)19(25)26)21-20(27)22-9-13-7-14(11-22)17-3-2-4-18(24)23(17)10-13/h2-6,8,13-14H,7,9-11H2,1H3,(H,21,27)(H,25,26)/t13-,14+/m0/s1. The zero-order chi connectivity index (χ0) is 19.1. The Bertz CT molecular complexity index is 981. The van der Waals surface area contributed by atoms with Crippen molar-refractivity contribution >= 4 is 17.7 Å². The van der Waals surface area contributed by atoms with Crippen molar-refractivity contribution in [2.24, 2.45) is 5.92 Å². The summed E-state index contributed by atoms with van der Waals surface area (Å²) in [6, 6.07) is 9.94. The van der Waals surface area contributed by atoms with Crippen LogP contribution >= 0.6 is 0 Å². The molecule has 2 aliphatic heterocycles. The maximum Gasteiger partial charge on any atom is 0.336 e. The lowest BCUT2D eigenvalue weighted by Crippen LogP contribution is -2.50. The molecule has 27 heavy (non-hydrogen) atoms. The van der Waals surface area contributed by atoms with Crippen LogP contribution in [-0.2, 0) is 6.54 Å². The minimum atomic E-state index is -1.02. The number of carbonyl (C=O) groups is 2. The highest BCUT2D eigenvalue weighted by molar-refractivity contribution is 5.94. The van der Waals surface area contributed by atoms with Gasteiger partial charge in [0.1, 0.15) is 0 Å². The lowest BCUT2D eigenvalue weighted by atomic mass is 9.83. The molecule has 2 aliphatic rings. The number of anilines is 1. The van der Waals surface area contributed by atoms with Crippen molar-refractivity contribution < 1.29 is 14.7 Å². The van der Waals surface area contributed by atoms with Gasteiger partial charge in [0.25, 0.3) is 5.56 Å². The number of nitrogens with one attached hydrogen (secondary N) is 1. The van der Waals surface area contributed by atoms with Crippen LogP contribution in [0.25, 0.3) is 0 Å². The monoisotopic (exact) mass is 367 g/mol. The molecule has 2 N–H and O–H groups in total. The number of hydrogen-bond acceptors (Lipinski definition) is 3. The molecule has 3 heterocycles. The van der Waals surface area contributed by atoms with Crippen LogP contribution in [0.4, 0.5) is 10.5 Å². The zero-order valence-electron chi connectivity index (χ0n) is 15.0. The highest BCUT2D eigenvalue weighted by atomic mass is 16.4. The second-order valence-electron chi connectivity index (χ2n) is 7.37. The number of urea groups is 1. The van der Waals surface area contributed by atoms with Crippen LogP contribution in [0.2, 0.25) is 0 Å². The summed E-state index contributed by atoms with van der Waals surface area (Å²) in [6.45, 7) is 3.48. The molecule has 0 saturated carbocycles. The average molecular weight is 367 g/mol. The minimum absolute atomic E-state index is 0.0148. The maximum atomic E-state index is 12.7. The summed E-state index contributed by atoms with van der Waals surface area (Å²) >= 11 is 0. The summed E-state index contributed by atoms with van der Waals surface area (Å²) in [5.74, 6) is -0.627. The smallest absolute Gasteiger partial charge is 0.336 e. The normalized spacial score (nSPS) is 20.7. The Morgan fingerprint density at radius 1 is 1.15 bits per heavy atom. The molecule has 0 radical (unpaired) electrons. The summed E-state index contributed by atoms with van der Waals surface area (Å²) in [7, 11) is 0. The van der Waals surface area contributed by atoms with Gasteiger partial charge in [-0.3, -0.25) is 4.79 Å². The van der Waals surface area contributed by atoms with Gasteiger partial charge in [0, 0.05) is 43.0 Å². The summed E-state index contributed by atoms with van der Waals surface area (Å²) in [6.07, 6.45) is 0.973. The van der Waals surface area contributed by atoms with Gasteiger partial charge >= 0.3 is 12.0 Å². The van der Waals surface area contributed by atoms with Crippen molar-refractivity contribution in [2.45, 2.75) is 25.8 Å². The number of aromatic nitrogens is 1. The number of benzene rings is 1. The second kappa shape index (κ2) is 6.57. The third-order valence-corrected chi connectivity index (χ3v) is 5.49. The summed E-state index contributed by atoms with van der Waals surface area (Å²) in [5.41, 5.74) is 2.29. The fourth-order valence-electron chi connectivity index (χ4n) is 4.20. The first-order valence-electron chi connectivity index (χ1n) is 9.02. The molecule has 1 saturated heterocycles. The third-order valence-electron chi connectivity index (χ3n) is 5.49. The molecule has 4 rings (SSSR count). The van der Waals surface area contributed by atoms with Crippen LogP contribution in [0, 0.1) is 12.8 Å². The van der Waals surface area contributed by atoms with Gasteiger partial charge in [0.15, 0.2) is 0 Å². The SMILES string of the molecule is Cc1ccc(NC(=O)N2C[C@@H]3C[C@H](C2)c2cccc(=O)n2C3)cc1C(=O)O. The topological polar surface area (TPSA) is 91.6 Å². The molecular formula is C20H21N3O4. The van der Waals surface area contributed by atoms with Gasteiger partial charge in [-0.2, -0.15) is 0 Å². The lowest BCUT2D eigenvalue weighted by molar-refractivity contribution is 0.0696. The van der Waals surface area contributed by atoms with Gasteiger partial charge in [-0.05, 0) is 43.0 Å². The number of hydrogen-bond donors (Lipinski definition) is 2. The van der Waals surface area contributed by atoms with E-state index in [2.05, 4.69) is 5.32 Å². The number of fused-ring (bicyclic) bond motifs is 4. The molecule has 0 unspecified atom stereocenters. The van der Waals surface area contributed by atoms with Crippen molar-refractivity contribution in [3.05, 3.63) is 63.6 Å². The van der Waals surface area contributed by atoms with E-state index < -0.39 is 5.97 Å². The van der Waals surface area contributed by atoms with E-state index in [1.807, 2.05) is 10.6 Å². The summed E-state index contributed by atoms with van der Waals surface area (Å²) < 4.78 is 1.83. The zero-order valence-corrected chi connectivity index (χ0v) is 15.0. The molecule has 0 aliphatic carbocycles. The van der Waals surface area contributed by atoms with Crippen molar-refractivity contribution in [1.29, 1.82) is 0 Å². The second-order valence-corrected chi connectivity index (χ2v) is 7.37. The van der Waals surface area contributed by atoms with E-state index in [1.165, 1.54) is 6.07 Å². The number of carboxylic acids is 1. The van der Waals surface area contributed by atoms with Gasteiger partial charge in [-0.15, -0.1) is 0 Å². The number of amides is 2. The minimum Gasteiger partial charge on any atom is -0.478 e. The molecule has 1 aromatic heterocycles. The van der Waals surface area contributed by atoms with Crippen LogP contribution in [0.1, 0.15) is 34.0 Å². The quantitative estimate of drug-likeness (QED) is 0.853. The molecule has 2 aromatic rings. The van der Waals surface area contributed by atoms with Crippen LogP contribution in [0.15, 0.2) is 41.2 Å². The first-order valence-corrected chi connectivity index (χ1v) is 9.02. The molecule has 140 valence electrons. The summed E-state index contributed by atoms with van der Waals surface area (Å²) in [4.78, 5) is 37.9. The van der Waals surface area contributed by atoms with E-state index in [0.29, 0.717) is 30.9 Å². The van der Waals surface area contributed by atoms with E-state index in [9.17, 15) is 19.5 Å². The Morgan fingerprint density at radius 2 is 1.96 bits per heavy atom. The van der Waals surface area contributed by atoms with Gasteiger partial charge in [-0.1, -0.05) is 12.1 Å². The predicted molar refractivity (Wildman–Crippen MR) is 100 cm³/mol. The number of carboxylic acid groups (broad SMARTS) is 1. The van der Waals surface area contributed by atoms with E-state index in [0.717, 1.165) is 12.1 Å². The van der Waals surface area contributed by atoms with Gasteiger partial charge in [-0.25, -0.2) is 9.59 Å².